The summed E-state index contributed by atoms with van der Waals surface area (Å²) in [5.74, 6) is 0.275. The van der Waals surface area contributed by atoms with Gasteiger partial charge in [-0.1, -0.05) is 32.0 Å². The molecule has 3 aromatic rings. The number of nitrogens with two attached hydrogens (primary N) is 1. The maximum Gasteiger partial charge on any atom is 0.251 e. The number of rotatable bonds is 11. The predicted molar refractivity (Wildman–Crippen MR) is 138 cm³/mol. The van der Waals surface area contributed by atoms with Crippen molar-refractivity contribution in [2.75, 3.05) is 18.9 Å². The van der Waals surface area contributed by atoms with E-state index in [0.29, 0.717) is 54.4 Å². The number of nitrogen functional groups attached to an aromatic ring is 1. The third kappa shape index (κ3) is 6.42. The second-order valence-electron chi connectivity index (χ2n) is 8.61. The number of aromatic nitrogens is 2. The zero-order valence-electron chi connectivity index (χ0n) is 20.8. The highest BCUT2D eigenvalue weighted by Gasteiger charge is 2.24. The number of amides is 2. The molecule has 1 heterocycles. The van der Waals surface area contributed by atoms with Crippen molar-refractivity contribution in [3.8, 4) is 17.5 Å². The van der Waals surface area contributed by atoms with Crippen LogP contribution < -0.4 is 21.1 Å². The highest BCUT2D eigenvalue weighted by molar-refractivity contribution is 5.97. The molecule has 36 heavy (non-hydrogen) atoms. The van der Waals surface area contributed by atoms with E-state index in [1.165, 1.54) is 0 Å². The summed E-state index contributed by atoms with van der Waals surface area (Å²) >= 11 is 0. The fraction of sp³-hybridized carbons (Fsp3) is 0.333. The summed E-state index contributed by atoms with van der Waals surface area (Å²) in [4.78, 5) is 25.5. The number of carbonyl (C=O) groups is 2. The number of carbonyl (C=O) groups excluding carboxylic acids is 2. The second-order valence-corrected chi connectivity index (χ2v) is 8.61. The molecule has 2 amide bonds. The van der Waals surface area contributed by atoms with Gasteiger partial charge in [-0.3, -0.25) is 9.59 Å². The third-order valence-corrected chi connectivity index (χ3v) is 5.66. The highest BCUT2D eigenvalue weighted by atomic mass is 16.5. The number of nitrogens with zero attached hydrogens (tertiary/aromatic N) is 3. The molecule has 0 fully saturated rings. The molecule has 0 saturated heterocycles. The standard InChI is InChI=1S/C27H32N6O3/c1-4-36-21-14-12-19(13-15-21)26(34)31-24(18(2)3)27(35)30-16-8-11-23-22(17-28)25(29)33(32-23)20-9-6-5-7-10-20/h5-7,9-10,12-15,18,24H,4,8,11,16,29H2,1-3H3,(H,30,35)(H,31,34). The number of nitrogens with one attached hydrogen (secondary N) is 2. The maximum atomic E-state index is 12.8. The first-order valence-electron chi connectivity index (χ1n) is 12.0. The molecule has 0 spiro atoms. The lowest BCUT2D eigenvalue weighted by molar-refractivity contribution is -0.123. The van der Waals surface area contributed by atoms with Crippen molar-refractivity contribution < 1.29 is 14.3 Å². The Bertz CT molecular complexity index is 1210. The Morgan fingerprint density at radius 1 is 1.14 bits per heavy atom. The van der Waals surface area contributed by atoms with E-state index >= 15 is 0 Å². The number of nitriles is 1. The molecule has 0 aliphatic heterocycles. The van der Waals surface area contributed by atoms with Crippen LogP contribution in [0.3, 0.4) is 0 Å². The van der Waals surface area contributed by atoms with Gasteiger partial charge in [-0.2, -0.15) is 10.4 Å². The number of hydrogen-bond donors (Lipinski definition) is 3. The molecule has 2 aromatic carbocycles. The number of anilines is 1. The Morgan fingerprint density at radius 3 is 2.44 bits per heavy atom. The van der Waals surface area contributed by atoms with Crippen LogP contribution in [0.1, 0.15) is 48.8 Å². The summed E-state index contributed by atoms with van der Waals surface area (Å²) in [7, 11) is 0. The topological polar surface area (TPSA) is 135 Å². The second kappa shape index (κ2) is 12.4. The number of para-hydroxylation sites is 1. The lowest BCUT2D eigenvalue weighted by Crippen LogP contribution is -2.49. The van der Waals surface area contributed by atoms with E-state index in [9.17, 15) is 14.9 Å². The Kier molecular flexibility index (Phi) is 9.06. The maximum absolute atomic E-state index is 12.8. The number of aryl methyl sites for hydroxylation is 1. The van der Waals surface area contributed by atoms with Gasteiger partial charge in [0.25, 0.3) is 5.91 Å². The van der Waals surface area contributed by atoms with Crippen molar-refractivity contribution >= 4 is 17.6 Å². The van der Waals surface area contributed by atoms with E-state index < -0.39 is 6.04 Å². The minimum atomic E-state index is -0.688. The van der Waals surface area contributed by atoms with Crippen molar-refractivity contribution in [1.29, 1.82) is 5.26 Å². The van der Waals surface area contributed by atoms with Crippen LogP contribution in [0.15, 0.2) is 54.6 Å². The van der Waals surface area contributed by atoms with Gasteiger partial charge >= 0.3 is 0 Å². The van der Waals surface area contributed by atoms with Gasteiger partial charge in [-0.15, -0.1) is 0 Å². The first kappa shape index (κ1) is 26.3. The van der Waals surface area contributed by atoms with Crippen molar-refractivity contribution in [2.24, 2.45) is 5.92 Å². The average Bonchev–Trinajstić information content (AvgIpc) is 3.20. The van der Waals surface area contributed by atoms with Gasteiger partial charge in [0.05, 0.1) is 18.0 Å². The van der Waals surface area contributed by atoms with E-state index in [2.05, 4.69) is 21.8 Å². The normalized spacial score (nSPS) is 11.5. The summed E-state index contributed by atoms with van der Waals surface area (Å²) in [6, 6.07) is 17.6. The van der Waals surface area contributed by atoms with Gasteiger partial charge < -0.3 is 21.1 Å². The number of benzene rings is 2. The molecule has 1 atom stereocenters. The van der Waals surface area contributed by atoms with Crippen molar-refractivity contribution in [3.05, 3.63) is 71.4 Å². The van der Waals surface area contributed by atoms with Gasteiger partial charge in [0.15, 0.2) is 0 Å². The largest absolute Gasteiger partial charge is 0.494 e. The van der Waals surface area contributed by atoms with E-state index in [4.69, 9.17) is 10.5 Å². The van der Waals surface area contributed by atoms with Crippen LogP contribution in [-0.4, -0.2) is 40.8 Å². The van der Waals surface area contributed by atoms with Crippen LogP contribution >= 0.6 is 0 Å². The summed E-state index contributed by atoms with van der Waals surface area (Å²) in [6.45, 7) is 6.55. The first-order valence-corrected chi connectivity index (χ1v) is 12.0. The molecular weight excluding hydrogens is 456 g/mol. The fourth-order valence-electron chi connectivity index (χ4n) is 3.75. The minimum Gasteiger partial charge on any atom is -0.494 e. The van der Waals surface area contributed by atoms with E-state index in [0.717, 1.165) is 5.69 Å². The van der Waals surface area contributed by atoms with Crippen LogP contribution in [0.5, 0.6) is 5.75 Å². The van der Waals surface area contributed by atoms with Gasteiger partial charge in [-0.05, 0) is 62.1 Å². The summed E-state index contributed by atoms with van der Waals surface area (Å²) in [5.41, 5.74) is 8.30. The monoisotopic (exact) mass is 488 g/mol. The van der Waals surface area contributed by atoms with E-state index in [1.54, 1.807) is 28.9 Å². The van der Waals surface area contributed by atoms with Crippen LogP contribution in [0, 0.1) is 17.2 Å². The number of hydrogen-bond acceptors (Lipinski definition) is 6. The van der Waals surface area contributed by atoms with Crippen LogP contribution in [-0.2, 0) is 11.2 Å². The van der Waals surface area contributed by atoms with E-state index in [1.807, 2.05) is 51.1 Å². The zero-order chi connectivity index (χ0) is 26.1. The number of ether oxygens (including phenoxy) is 1. The molecule has 1 unspecified atom stereocenters. The Morgan fingerprint density at radius 2 is 1.83 bits per heavy atom. The van der Waals surface area contributed by atoms with Crippen molar-refractivity contribution in [2.45, 2.75) is 39.7 Å². The summed E-state index contributed by atoms with van der Waals surface area (Å²) in [5, 5.41) is 19.8. The predicted octanol–water partition coefficient (Wildman–Crippen LogP) is 3.23. The smallest absolute Gasteiger partial charge is 0.251 e. The molecule has 9 heteroatoms. The van der Waals surface area contributed by atoms with Gasteiger partial charge in [0.2, 0.25) is 5.91 Å². The highest BCUT2D eigenvalue weighted by Crippen LogP contribution is 2.21. The molecule has 9 nitrogen and oxygen atoms in total. The Labute approximate surface area is 211 Å². The van der Waals surface area contributed by atoms with Crippen LogP contribution in [0.4, 0.5) is 5.82 Å². The van der Waals surface area contributed by atoms with Crippen LogP contribution in [0.25, 0.3) is 5.69 Å². The molecule has 0 aliphatic rings. The molecule has 4 N–H and O–H groups in total. The van der Waals surface area contributed by atoms with Crippen LogP contribution in [0.2, 0.25) is 0 Å². The summed E-state index contributed by atoms with van der Waals surface area (Å²) < 4.78 is 6.96. The average molecular weight is 489 g/mol. The van der Waals surface area contributed by atoms with E-state index in [-0.39, 0.29) is 17.7 Å². The van der Waals surface area contributed by atoms with Crippen molar-refractivity contribution in [1.82, 2.24) is 20.4 Å². The molecule has 0 saturated carbocycles. The Hall–Kier alpha value is -4.32. The molecule has 0 radical (unpaired) electrons. The third-order valence-electron chi connectivity index (χ3n) is 5.66. The first-order chi connectivity index (χ1) is 17.3. The lowest BCUT2D eigenvalue weighted by Gasteiger charge is -2.22. The quantitative estimate of drug-likeness (QED) is 0.355. The lowest BCUT2D eigenvalue weighted by atomic mass is 10.0. The summed E-state index contributed by atoms with van der Waals surface area (Å²) in [6.07, 6.45) is 1.03. The fourth-order valence-corrected chi connectivity index (χ4v) is 3.75. The molecule has 3 rings (SSSR count). The minimum absolute atomic E-state index is 0.108. The van der Waals surface area contributed by atoms with Gasteiger partial charge in [0, 0.05) is 12.1 Å². The molecule has 188 valence electrons. The Balaban J connectivity index is 1.56. The van der Waals surface area contributed by atoms with Gasteiger partial charge in [0.1, 0.15) is 29.2 Å². The molecular formula is C27H32N6O3. The molecule has 1 aromatic heterocycles. The van der Waals surface area contributed by atoms with Gasteiger partial charge in [-0.25, -0.2) is 4.68 Å². The molecule has 0 bridgehead atoms. The SMILES string of the molecule is CCOc1ccc(C(=O)NC(C(=O)NCCCc2nn(-c3ccccc3)c(N)c2C#N)C(C)C)cc1. The zero-order valence-corrected chi connectivity index (χ0v) is 20.8. The van der Waals surface area contributed by atoms with Crippen molar-refractivity contribution in [3.63, 3.8) is 0 Å². The molecule has 0 aliphatic carbocycles.